The topological polar surface area (TPSA) is 98.7 Å². The number of unbranched alkanes of at least 4 members (excludes halogenated alkanes) is 1. The Morgan fingerprint density at radius 1 is 1.24 bits per heavy atom. The second kappa shape index (κ2) is 8.05. The molecule has 0 aromatic carbocycles. The van der Waals surface area contributed by atoms with Crippen LogP contribution in [-0.4, -0.2) is 47.5 Å². The van der Waals surface area contributed by atoms with E-state index in [4.69, 9.17) is 15.8 Å². The molecule has 2 atom stereocenters. The van der Waals surface area contributed by atoms with Crippen molar-refractivity contribution in [1.82, 2.24) is 5.32 Å². The molecule has 1 aliphatic heterocycles. The van der Waals surface area contributed by atoms with Crippen molar-refractivity contribution in [3.63, 3.8) is 0 Å². The number of aliphatic hydroxyl groups excluding tert-OH is 1. The average molecular weight is 244 g/mol. The molecule has 1 aliphatic rings. The molecule has 6 N–H and O–H groups in total. The molecular formula is C11H25BN2O3. The highest BCUT2D eigenvalue weighted by molar-refractivity contribution is 6.40. The van der Waals surface area contributed by atoms with E-state index in [1.807, 2.05) is 0 Å². The van der Waals surface area contributed by atoms with Crippen LogP contribution in [0.25, 0.3) is 0 Å². The first-order valence-electron chi connectivity index (χ1n) is 6.61. The molecule has 17 heavy (non-hydrogen) atoms. The Bertz CT molecular complexity index is 201. The van der Waals surface area contributed by atoms with Crippen molar-refractivity contribution < 1.29 is 15.2 Å². The van der Waals surface area contributed by atoms with Crippen LogP contribution >= 0.6 is 0 Å². The molecule has 0 bridgehead atoms. The van der Waals surface area contributed by atoms with Crippen LogP contribution in [-0.2, 0) is 0 Å². The fourth-order valence-electron chi connectivity index (χ4n) is 2.41. The first-order valence-corrected chi connectivity index (χ1v) is 6.61. The number of aliphatic hydroxyl groups is 1. The highest BCUT2D eigenvalue weighted by Crippen LogP contribution is 2.20. The fraction of sp³-hybridized carbons (Fsp3) is 1.00. The highest BCUT2D eigenvalue weighted by atomic mass is 16.4. The molecule has 1 rings (SSSR count). The predicted octanol–water partition coefficient (Wildman–Crippen LogP) is -0.683. The van der Waals surface area contributed by atoms with Crippen LogP contribution < -0.4 is 11.1 Å². The third kappa shape index (κ3) is 5.83. The molecule has 0 aromatic heterocycles. The van der Waals surface area contributed by atoms with Gasteiger partial charge in [0.2, 0.25) is 0 Å². The van der Waals surface area contributed by atoms with Crippen LogP contribution in [0.15, 0.2) is 0 Å². The summed E-state index contributed by atoms with van der Waals surface area (Å²) in [6, 6.07) is -0.186. The van der Waals surface area contributed by atoms with Gasteiger partial charge in [-0.3, -0.25) is 0 Å². The first kappa shape index (κ1) is 14.9. The van der Waals surface area contributed by atoms with E-state index in [1.54, 1.807) is 0 Å². The number of nitrogens with one attached hydrogen (secondary N) is 1. The summed E-state index contributed by atoms with van der Waals surface area (Å²) in [5.41, 5.74) is 5.97. The molecule has 0 aliphatic carbocycles. The van der Waals surface area contributed by atoms with Gasteiger partial charge in [-0.2, -0.15) is 0 Å². The third-order valence-electron chi connectivity index (χ3n) is 3.56. The Kier molecular flexibility index (Phi) is 7.07. The van der Waals surface area contributed by atoms with E-state index in [0.717, 1.165) is 45.2 Å². The molecule has 100 valence electrons. The second-order valence-electron chi connectivity index (χ2n) is 5.01. The van der Waals surface area contributed by atoms with Gasteiger partial charge in [-0.25, -0.2) is 0 Å². The van der Waals surface area contributed by atoms with Crippen LogP contribution in [0.4, 0.5) is 0 Å². The number of rotatable bonds is 7. The largest absolute Gasteiger partial charge is 0.451 e. The monoisotopic (exact) mass is 244 g/mol. The van der Waals surface area contributed by atoms with Gasteiger partial charge in [-0.15, -0.1) is 0 Å². The van der Waals surface area contributed by atoms with E-state index < -0.39 is 13.2 Å². The van der Waals surface area contributed by atoms with E-state index in [-0.39, 0.29) is 6.04 Å². The number of hydrogen-bond acceptors (Lipinski definition) is 5. The maximum atomic E-state index is 10.1. The zero-order valence-corrected chi connectivity index (χ0v) is 10.4. The van der Waals surface area contributed by atoms with Gasteiger partial charge in [-0.1, -0.05) is 12.8 Å². The average Bonchev–Trinajstić information content (AvgIpc) is 2.34. The van der Waals surface area contributed by atoms with Gasteiger partial charge in [0.15, 0.2) is 0 Å². The molecular weight excluding hydrogens is 219 g/mol. The summed E-state index contributed by atoms with van der Waals surface area (Å²) in [5.74, 6) is 0.315. The zero-order valence-electron chi connectivity index (χ0n) is 10.4. The molecule has 0 amide bonds. The molecule has 1 fully saturated rings. The summed E-state index contributed by atoms with van der Waals surface area (Å²) in [6.07, 6.45) is 4.27. The summed E-state index contributed by atoms with van der Waals surface area (Å²) in [4.78, 5) is 0. The Labute approximate surface area is 104 Å². The van der Waals surface area contributed by atoms with Crippen molar-refractivity contribution in [3.05, 3.63) is 0 Å². The Morgan fingerprint density at radius 2 is 1.88 bits per heavy atom. The molecule has 2 unspecified atom stereocenters. The maximum Gasteiger partial charge on any atom is 0.451 e. The minimum Gasteiger partial charge on any atom is -0.427 e. The van der Waals surface area contributed by atoms with Crippen LogP contribution in [0, 0.1) is 5.92 Å². The van der Waals surface area contributed by atoms with Crippen LogP contribution in [0.5, 0.6) is 0 Å². The van der Waals surface area contributed by atoms with Crippen molar-refractivity contribution in [1.29, 1.82) is 0 Å². The Morgan fingerprint density at radius 3 is 2.47 bits per heavy atom. The van der Waals surface area contributed by atoms with Crippen molar-refractivity contribution in [2.24, 2.45) is 11.7 Å². The molecule has 1 heterocycles. The lowest BCUT2D eigenvalue weighted by Crippen LogP contribution is -2.44. The minimum absolute atomic E-state index is 0.186. The summed E-state index contributed by atoms with van der Waals surface area (Å²) >= 11 is 0. The minimum atomic E-state index is -1.22. The van der Waals surface area contributed by atoms with Gasteiger partial charge in [0, 0.05) is 6.04 Å². The Balaban J connectivity index is 2.14. The number of piperidine rings is 1. The van der Waals surface area contributed by atoms with E-state index in [1.165, 1.54) is 0 Å². The first-order chi connectivity index (χ1) is 8.11. The summed E-state index contributed by atoms with van der Waals surface area (Å²) in [7, 11) is -1.22. The van der Waals surface area contributed by atoms with E-state index in [2.05, 4.69) is 5.32 Å². The van der Waals surface area contributed by atoms with E-state index in [0.29, 0.717) is 12.2 Å². The summed E-state index contributed by atoms with van der Waals surface area (Å²) in [6.45, 7) is 1.93. The van der Waals surface area contributed by atoms with Gasteiger partial charge < -0.3 is 26.2 Å². The normalized spacial score (nSPS) is 21.2. The van der Waals surface area contributed by atoms with Gasteiger partial charge in [0.25, 0.3) is 0 Å². The van der Waals surface area contributed by atoms with Crippen LogP contribution in [0.3, 0.4) is 0 Å². The lowest BCUT2D eigenvalue weighted by Gasteiger charge is -2.30. The van der Waals surface area contributed by atoms with E-state index in [9.17, 15) is 5.11 Å². The SMILES string of the molecule is NC(CCCCB(O)O)C(O)C1CCNCC1. The van der Waals surface area contributed by atoms with Gasteiger partial charge in [0.05, 0.1) is 6.10 Å². The third-order valence-corrected chi connectivity index (χ3v) is 3.56. The molecule has 1 saturated heterocycles. The second-order valence-corrected chi connectivity index (χ2v) is 5.01. The zero-order chi connectivity index (χ0) is 12.7. The lowest BCUT2D eigenvalue weighted by atomic mass is 9.82. The standard InChI is InChI=1S/C11H25BN2O3/c13-10(3-1-2-6-12(16)17)11(15)9-4-7-14-8-5-9/h9-11,14-17H,1-8,13H2. The Hall–Kier alpha value is -0.135. The van der Waals surface area contributed by atoms with E-state index >= 15 is 0 Å². The van der Waals surface area contributed by atoms with Gasteiger partial charge in [-0.05, 0) is 44.6 Å². The summed E-state index contributed by atoms with van der Waals surface area (Å²) < 4.78 is 0. The summed E-state index contributed by atoms with van der Waals surface area (Å²) in [5, 5.41) is 30.8. The molecule has 0 spiro atoms. The molecule has 0 aromatic rings. The number of nitrogens with two attached hydrogens (primary N) is 1. The van der Waals surface area contributed by atoms with Crippen molar-refractivity contribution in [2.45, 2.75) is 50.6 Å². The molecule has 6 heteroatoms. The quantitative estimate of drug-likeness (QED) is 0.302. The molecule has 0 saturated carbocycles. The van der Waals surface area contributed by atoms with Crippen LogP contribution in [0.2, 0.25) is 6.32 Å². The smallest absolute Gasteiger partial charge is 0.427 e. The maximum absolute atomic E-state index is 10.1. The van der Waals surface area contributed by atoms with Crippen molar-refractivity contribution in [2.75, 3.05) is 13.1 Å². The predicted molar refractivity (Wildman–Crippen MR) is 68.4 cm³/mol. The van der Waals surface area contributed by atoms with Crippen molar-refractivity contribution >= 4 is 7.12 Å². The molecule has 0 radical (unpaired) electrons. The lowest BCUT2D eigenvalue weighted by molar-refractivity contribution is 0.0623. The van der Waals surface area contributed by atoms with Crippen molar-refractivity contribution in [3.8, 4) is 0 Å². The van der Waals surface area contributed by atoms with Gasteiger partial charge in [0.1, 0.15) is 0 Å². The molecule has 5 nitrogen and oxygen atoms in total. The van der Waals surface area contributed by atoms with Gasteiger partial charge >= 0.3 is 7.12 Å². The number of hydrogen-bond donors (Lipinski definition) is 5. The highest BCUT2D eigenvalue weighted by Gasteiger charge is 2.26. The fourth-order valence-corrected chi connectivity index (χ4v) is 2.41. The van der Waals surface area contributed by atoms with Crippen LogP contribution in [0.1, 0.15) is 32.1 Å².